The monoisotopic (exact) mass is 244 g/mol. The topological polar surface area (TPSA) is 56.0 Å². The van der Waals surface area contributed by atoms with Gasteiger partial charge in [0, 0.05) is 12.1 Å². The molecule has 82 valence electrons. The Bertz CT molecular complexity index is 604. The molecule has 0 saturated carbocycles. The third-order valence-electron chi connectivity index (χ3n) is 2.00. The number of rotatable bonds is 1. The van der Waals surface area contributed by atoms with Crippen LogP contribution in [0.5, 0.6) is 0 Å². The molecule has 0 spiro atoms. The zero-order valence-corrected chi connectivity index (χ0v) is 8.33. The number of benzene rings is 1. The fraction of sp³-hybridized carbons (Fsp3) is 0. The van der Waals surface area contributed by atoms with E-state index in [9.17, 15) is 18.9 Å². The van der Waals surface area contributed by atoms with Crippen molar-refractivity contribution in [3.05, 3.63) is 45.1 Å². The average molecular weight is 245 g/mol. The second-order valence-corrected chi connectivity index (χ2v) is 3.37. The lowest BCUT2D eigenvalue weighted by atomic mass is 10.2. The van der Waals surface area contributed by atoms with Crippen LogP contribution < -0.4 is 0 Å². The summed E-state index contributed by atoms with van der Waals surface area (Å²) < 4.78 is 26.2. The standard InChI is InChI=1S/C9H3ClF2N2O2/c10-9-7(14(15)16)3-13-6-2-4(11)1-5(12)8(6)9/h1-3H. The Morgan fingerprint density at radius 1 is 1.38 bits per heavy atom. The minimum Gasteiger partial charge on any atom is -0.258 e. The van der Waals surface area contributed by atoms with Crippen LogP contribution in [0.15, 0.2) is 18.3 Å². The Hall–Kier alpha value is -1.82. The number of pyridine rings is 1. The van der Waals surface area contributed by atoms with Crippen LogP contribution in [0, 0.1) is 21.7 Å². The van der Waals surface area contributed by atoms with E-state index in [2.05, 4.69) is 4.98 Å². The van der Waals surface area contributed by atoms with Gasteiger partial charge in [-0.05, 0) is 0 Å². The number of fused-ring (bicyclic) bond motifs is 1. The van der Waals surface area contributed by atoms with Gasteiger partial charge < -0.3 is 0 Å². The van der Waals surface area contributed by atoms with Crippen molar-refractivity contribution in [3.8, 4) is 0 Å². The minimum atomic E-state index is -0.976. The maximum atomic E-state index is 13.4. The van der Waals surface area contributed by atoms with E-state index in [1.807, 2.05) is 0 Å². The summed E-state index contributed by atoms with van der Waals surface area (Å²) in [6.07, 6.45) is 0.865. The van der Waals surface area contributed by atoms with Gasteiger partial charge in [0.15, 0.2) is 0 Å². The molecule has 0 radical (unpaired) electrons. The van der Waals surface area contributed by atoms with Gasteiger partial charge in [0.05, 0.1) is 15.8 Å². The van der Waals surface area contributed by atoms with Gasteiger partial charge in [-0.1, -0.05) is 11.6 Å². The van der Waals surface area contributed by atoms with Gasteiger partial charge in [0.2, 0.25) is 0 Å². The molecule has 0 amide bonds. The fourth-order valence-corrected chi connectivity index (χ4v) is 1.63. The van der Waals surface area contributed by atoms with Gasteiger partial charge in [0.25, 0.3) is 0 Å². The Morgan fingerprint density at radius 3 is 2.69 bits per heavy atom. The summed E-state index contributed by atoms with van der Waals surface area (Å²) in [4.78, 5) is 13.3. The summed E-state index contributed by atoms with van der Waals surface area (Å²) in [5.74, 6) is -1.79. The van der Waals surface area contributed by atoms with E-state index in [0.717, 1.165) is 12.3 Å². The van der Waals surface area contributed by atoms with E-state index in [1.165, 1.54) is 0 Å². The van der Waals surface area contributed by atoms with Crippen LogP contribution in [0.1, 0.15) is 0 Å². The summed E-state index contributed by atoms with van der Waals surface area (Å²) in [5, 5.41) is 9.89. The van der Waals surface area contributed by atoms with Crippen molar-refractivity contribution in [3.63, 3.8) is 0 Å². The number of nitrogens with zero attached hydrogens (tertiary/aromatic N) is 2. The zero-order valence-electron chi connectivity index (χ0n) is 7.58. The van der Waals surface area contributed by atoms with Crippen molar-refractivity contribution in [1.82, 2.24) is 4.98 Å². The summed E-state index contributed by atoms with van der Waals surface area (Å²) in [7, 11) is 0. The molecule has 2 rings (SSSR count). The lowest BCUT2D eigenvalue weighted by Crippen LogP contribution is -1.94. The molecule has 0 N–H and O–H groups in total. The molecule has 0 saturated heterocycles. The van der Waals surface area contributed by atoms with Crippen LogP contribution >= 0.6 is 11.6 Å². The molecule has 0 fully saturated rings. The zero-order chi connectivity index (χ0) is 11.9. The largest absolute Gasteiger partial charge is 0.306 e. The molecule has 0 aliphatic heterocycles. The molecule has 0 bridgehead atoms. The highest BCUT2D eigenvalue weighted by molar-refractivity contribution is 6.37. The highest BCUT2D eigenvalue weighted by atomic mass is 35.5. The second kappa shape index (κ2) is 3.64. The van der Waals surface area contributed by atoms with Gasteiger partial charge in [-0.25, -0.2) is 13.8 Å². The Balaban J connectivity index is 2.89. The van der Waals surface area contributed by atoms with Crippen molar-refractivity contribution < 1.29 is 13.7 Å². The predicted molar refractivity (Wildman–Crippen MR) is 53.3 cm³/mol. The van der Waals surface area contributed by atoms with Crippen molar-refractivity contribution in [2.75, 3.05) is 0 Å². The van der Waals surface area contributed by atoms with Crippen molar-refractivity contribution in [2.24, 2.45) is 0 Å². The Kier molecular flexibility index (Phi) is 2.43. The summed E-state index contributed by atoms with van der Waals surface area (Å²) in [6, 6.07) is 1.55. The first-order valence-electron chi connectivity index (χ1n) is 4.08. The third-order valence-corrected chi connectivity index (χ3v) is 2.38. The highest BCUT2D eigenvalue weighted by Gasteiger charge is 2.19. The molecule has 0 aliphatic carbocycles. The smallest absolute Gasteiger partial charge is 0.258 e. The first kappa shape index (κ1) is 10.7. The minimum absolute atomic E-state index is 0.0619. The SMILES string of the molecule is O=[N+]([O-])c1cnc2cc(F)cc(F)c2c1Cl. The number of aromatic nitrogens is 1. The molecule has 1 aromatic carbocycles. The molecular weight excluding hydrogens is 242 g/mol. The summed E-state index contributed by atoms with van der Waals surface area (Å²) >= 11 is 5.65. The number of nitro groups is 1. The van der Waals surface area contributed by atoms with Gasteiger partial charge in [-0.3, -0.25) is 10.1 Å². The van der Waals surface area contributed by atoms with E-state index in [1.54, 1.807) is 0 Å². The number of hydrogen-bond donors (Lipinski definition) is 0. The van der Waals surface area contributed by atoms with Gasteiger partial charge in [-0.2, -0.15) is 0 Å². The molecule has 4 nitrogen and oxygen atoms in total. The first-order chi connectivity index (χ1) is 7.50. The molecule has 0 atom stereocenters. The molecule has 2 aromatic rings. The number of halogens is 3. The maximum Gasteiger partial charge on any atom is 0.306 e. The molecule has 1 aromatic heterocycles. The van der Waals surface area contributed by atoms with Crippen LogP contribution in [-0.4, -0.2) is 9.91 Å². The molecule has 7 heteroatoms. The van der Waals surface area contributed by atoms with Gasteiger partial charge in [0.1, 0.15) is 22.9 Å². The van der Waals surface area contributed by atoms with E-state index in [4.69, 9.17) is 11.6 Å². The van der Waals surface area contributed by atoms with Crippen molar-refractivity contribution in [1.29, 1.82) is 0 Å². The molecule has 0 aliphatic rings. The van der Waals surface area contributed by atoms with E-state index in [0.29, 0.717) is 6.07 Å². The lowest BCUT2D eigenvalue weighted by molar-refractivity contribution is -0.384. The Morgan fingerprint density at radius 2 is 2.06 bits per heavy atom. The second-order valence-electron chi connectivity index (χ2n) is 3.00. The van der Waals surface area contributed by atoms with Crippen molar-refractivity contribution >= 4 is 28.2 Å². The van der Waals surface area contributed by atoms with Crippen LogP contribution in [0.3, 0.4) is 0 Å². The van der Waals surface area contributed by atoms with Crippen molar-refractivity contribution in [2.45, 2.75) is 0 Å². The molecule has 1 heterocycles. The summed E-state index contributed by atoms with van der Waals surface area (Å²) in [5.41, 5.74) is -0.576. The Labute approximate surface area is 92.6 Å². The fourth-order valence-electron chi connectivity index (χ4n) is 1.32. The third kappa shape index (κ3) is 1.57. The highest BCUT2D eigenvalue weighted by Crippen LogP contribution is 2.32. The van der Waals surface area contributed by atoms with Crippen LogP contribution in [0.4, 0.5) is 14.5 Å². The first-order valence-corrected chi connectivity index (χ1v) is 4.46. The maximum absolute atomic E-state index is 13.4. The van der Waals surface area contributed by atoms with E-state index >= 15 is 0 Å². The van der Waals surface area contributed by atoms with E-state index in [-0.39, 0.29) is 15.9 Å². The average Bonchev–Trinajstić information content (AvgIpc) is 2.15. The van der Waals surface area contributed by atoms with E-state index < -0.39 is 22.2 Å². The van der Waals surface area contributed by atoms with Gasteiger partial charge >= 0.3 is 5.69 Å². The van der Waals surface area contributed by atoms with Crippen LogP contribution in [-0.2, 0) is 0 Å². The molecular formula is C9H3ClF2N2O2. The number of hydrogen-bond acceptors (Lipinski definition) is 3. The van der Waals surface area contributed by atoms with Gasteiger partial charge in [-0.15, -0.1) is 0 Å². The quantitative estimate of drug-likeness (QED) is 0.572. The predicted octanol–water partition coefficient (Wildman–Crippen LogP) is 3.07. The molecule has 0 unspecified atom stereocenters. The van der Waals surface area contributed by atoms with Crippen LogP contribution in [0.2, 0.25) is 5.02 Å². The summed E-state index contributed by atoms with van der Waals surface area (Å²) in [6.45, 7) is 0. The van der Waals surface area contributed by atoms with Crippen LogP contribution in [0.25, 0.3) is 10.9 Å². The normalized spacial score (nSPS) is 10.7. The molecule has 16 heavy (non-hydrogen) atoms. The lowest BCUT2D eigenvalue weighted by Gasteiger charge is -2.02.